The van der Waals surface area contributed by atoms with Crippen LogP contribution in [0.3, 0.4) is 0 Å². The minimum absolute atomic E-state index is 0.383. The van der Waals surface area contributed by atoms with Crippen LogP contribution in [-0.2, 0) is 16.6 Å². The largest absolute Gasteiger partial charge is 0.316 e. The molecule has 1 saturated heterocycles. The molecule has 1 aliphatic rings. The number of nitrogens with one attached hydrogen (secondary N) is 1. The molecule has 2 rings (SSSR count). The van der Waals surface area contributed by atoms with Crippen LogP contribution in [0.2, 0.25) is 0 Å². The second-order valence-corrected chi connectivity index (χ2v) is 8.73. The van der Waals surface area contributed by atoms with Crippen LogP contribution >= 0.6 is 15.9 Å². The maximum atomic E-state index is 12.9. The fraction of sp³-hybridized carbons (Fsp3) is 0.600. The van der Waals surface area contributed by atoms with Crippen LogP contribution in [-0.4, -0.2) is 32.9 Å². The molecule has 0 spiro atoms. The Labute approximate surface area is 136 Å². The van der Waals surface area contributed by atoms with Crippen molar-refractivity contribution in [3.05, 3.63) is 27.7 Å². The molecule has 1 fully saturated rings. The summed E-state index contributed by atoms with van der Waals surface area (Å²) in [5, 5.41) is 3.07. The van der Waals surface area contributed by atoms with Gasteiger partial charge in [0.25, 0.3) is 0 Å². The van der Waals surface area contributed by atoms with Crippen molar-refractivity contribution in [3.63, 3.8) is 0 Å². The summed E-state index contributed by atoms with van der Waals surface area (Å²) in [6, 6.07) is 3.78. The quantitative estimate of drug-likeness (QED) is 0.881. The summed E-state index contributed by atoms with van der Waals surface area (Å²) in [6.45, 7) is 8.01. The summed E-state index contributed by atoms with van der Waals surface area (Å²) in [6.07, 6.45) is 0. The van der Waals surface area contributed by atoms with Gasteiger partial charge in [-0.3, -0.25) is 0 Å². The second kappa shape index (κ2) is 6.36. The van der Waals surface area contributed by atoms with E-state index in [0.717, 1.165) is 11.1 Å². The van der Waals surface area contributed by atoms with Gasteiger partial charge in [0.15, 0.2) is 0 Å². The lowest BCUT2D eigenvalue weighted by Crippen LogP contribution is -2.29. The fourth-order valence-corrected chi connectivity index (χ4v) is 5.39. The topological polar surface area (TPSA) is 49.4 Å². The molecule has 1 aromatic carbocycles. The Morgan fingerprint density at radius 3 is 2.38 bits per heavy atom. The Bertz CT molecular complexity index is 621. The molecule has 1 aromatic rings. The number of aryl methyl sites for hydroxylation is 1. The number of halogens is 1. The number of sulfonamides is 1. The van der Waals surface area contributed by atoms with Gasteiger partial charge in [-0.05, 0) is 58.9 Å². The lowest BCUT2D eigenvalue weighted by Gasteiger charge is -2.19. The number of hydrogen-bond donors (Lipinski definition) is 1. The normalized spacial score (nSPS) is 23.7. The first-order valence-corrected chi connectivity index (χ1v) is 9.44. The van der Waals surface area contributed by atoms with E-state index in [1.54, 1.807) is 10.4 Å². The SMILES string of the molecule is CNCc1cc(C)c(Br)c(S(=O)(=O)N2CC(C)C(C)C2)c1. The Kier molecular flexibility index (Phi) is 5.13. The van der Waals surface area contributed by atoms with Crippen LogP contribution < -0.4 is 5.32 Å². The number of rotatable bonds is 4. The van der Waals surface area contributed by atoms with Crippen molar-refractivity contribution in [2.45, 2.75) is 32.2 Å². The highest BCUT2D eigenvalue weighted by Crippen LogP contribution is 2.33. The monoisotopic (exact) mass is 374 g/mol. The molecule has 0 aromatic heterocycles. The van der Waals surface area contributed by atoms with Gasteiger partial charge in [-0.15, -0.1) is 0 Å². The van der Waals surface area contributed by atoms with Crippen LogP contribution in [0.15, 0.2) is 21.5 Å². The predicted octanol–water partition coefficient (Wildman–Crippen LogP) is 2.75. The summed E-state index contributed by atoms with van der Waals surface area (Å²) in [7, 11) is -1.58. The molecule has 2 unspecified atom stereocenters. The van der Waals surface area contributed by atoms with E-state index in [4.69, 9.17) is 0 Å². The zero-order valence-corrected chi connectivity index (χ0v) is 15.4. The molecule has 21 heavy (non-hydrogen) atoms. The Balaban J connectivity index is 2.45. The van der Waals surface area contributed by atoms with Crippen molar-refractivity contribution in [2.24, 2.45) is 11.8 Å². The standard InChI is InChI=1S/C15H23BrN2O2S/c1-10-5-13(7-17-4)6-14(15(10)16)21(19,20)18-8-11(2)12(3)9-18/h5-6,11-12,17H,7-9H2,1-4H3. The average molecular weight is 375 g/mol. The molecule has 4 nitrogen and oxygen atoms in total. The Morgan fingerprint density at radius 2 is 1.86 bits per heavy atom. The Hall–Kier alpha value is -0.430. The molecule has 1 aliphatic heterocycles. The van der Waals surface area contributed by atoms with E-state index in [1.165, 1.54) is 0 Å². The van der Waals surface area contributed by atoms with E-state index in [0.29, 0.717) is 40.8 Å². The highest BCUT2D eigenvalue weighted by molar-refractivity contribution is 9.10. The highest BCUT2D eigenvalue weighted by atomic mass is 79.9. The molecule has 0 saturated carbocycles. The van der Waals surface area contributed by atoms with Gasteiger partial charge < -0.3 is 5.32 Å². The minimum Gasteiger partial charge on any atom is -0.316 e. The highest BCUT2D eigenvalue weighted by Gasteiger charge is 2.36. The summed E-state index contributed by atoms with van der Waals surface area (Å²) in [5.74, 6) is 0.806. The molecule has 118 valence electrons. The molecule has 2 atom stereocenters. The summed E-state index contributed by atoms with van der Waals surface area (Å²) >= 11 is 3.45. The third kappa shape index (κ3) is 3.33. The third-order valence-electron chi connectivity index (χ3n) is 4.23. The number of hydrogen-bond acceptors (Lipinski definition) is 3. The third-order valence-corrected chi connectivity index (χ3v) is 7.41. The molecule has 1 heterocycles. The van der Waals surface area contributed by atoms with Gasteiger partial charge >= 0.3 is 0 Å². The smallest absolute Gasteiger partial charge is 0.244 e. The van der Waals surface area contributed by atoms with E-state index in [-0.39, 0.29) is 0 Å². The second-order valence-electron chi connectivity index (χ2n) is 6.03. The van der Waals surface area contributed by atoms with Gasteiger partial charge in [0.05, 0.1) is 4.90 Å². The molecule has 0 aliphatic carbocycles. The molecular formula is C15H23BrN2O2S. The minimum atomic E-state index is -3.44. The van der Waals surface area contributed by atoms with Gasteiger partial charge in [-0.1, -0.05) is 19.9 Å². The van der Waals surface area contributed by atoms with Gasteiger partial charge in [0, 0.05) is 24.1 Å². The molecule has 0 radical (unpaired) electrons. The van der Waals surface area contributed by atoms with Crippen molar-refractivity contribution in [1.82, 2.24) is 9.62 Å². The maximum absolute atomic E-state index is 12.9. The van der Waals surface area contributed by atoms with Gasteiger partial charge in [-0.2, -0.15) is 4.31 Å². The van der Waals surface area contributed by atoms with Crippen molar-refractivity contribution in [1.29, 1.82) is 0 Å². The van der Waals surface area contributed by atoms with E-state index < -0.39 is 10.0 Å². The first-order valence-electron chi connectivity index (χ1n) is 7.21. The van der Waals surface area contributed by atoms with Crippen molar-refractivity contribution >= 4 is 26.0 Å². The summed E-state index contributed by atoms with van der Waals surface area (Å²) < 4.78 is 28.2. The zero-order valence-electron chi connectivity index (χ0n) is 13.0. The number of benzene rings is 1. The first kappa shape index (κ1) is 16.9. The Morgan fingerprint density at radius 1 is 1.29 bits per heavy atom. The zero-order chi connectivity index (χ0) is 15.8. The van der Waals surface area contributed by atoms with E-state index in [9.17, 15) is 8.42 Å². The van der Waals surface area contributed by atoms with Gasteiger partial charge in [-0.25, -0.2) is 8.42 Å². The first-order chi connectivity index (χ1) is 9.77. The predicted molar refractivity (Wildman–Crippen MR) is 88.7 cm³/mol. The molecule has 0 amide bonds. The fourth-order valence-electron chi connectivity index (χ4n) is 2.72. The van der Waals surface area contributed by atoms with Crippen molar-refractivity contribution < 1.29 is 8.42 Å². The van der Waals surface area contributed by atoms with Gasteiger partial charge in [0.2, 0.25) is 10.0 Å². The lowest BCUT2D eigenvalue weighted by molar-refractivity contribution is 0.462. The van der Waals surface area contributed by atoms with E-state index in [2.05, 4.69) is 35.1 Å². The maximum Gasteiger partial charge on any atom is 0.244 e. The molecule has 6 heteroatoms. The van der Waals surface area contributed by atoms with Crippen LogP contribution in [0.25, 0.3) is 0 Å². The summed E-state index contributed by atoms with van der Waals surface area (Å²) in [5.41, 5.74) is 1.93. The van der Waals surface area contributed by atoms with E-state index >= 15 is 0 Å². The van der Waals surface area contributed by atoms with Crippen molar-refractivity contribution in [2.75, 3.05) is 20.1 Å². The number of nitrogens with zero attached hydrogens (tertiary/aromatic N) is 1. The van der Waals surface area contributed by atoms with Crippen molar-refractivity contribution in [3.8, 4) is 0 Å². The van der Waals surface area contributed by atoms with Crippen LogP contribution in [0.1, 0.15) is 25.0 Å². The van der Waals surface area contributed by atoms with Crippen LogP contribution in [0.4, 0.5) is 0 Å². The summed E-state index contributed by atoms with van der Waals surface area (Å²) in [4.78, 5) is 0.383. The molecule has 0 bridgehead atoms. The van der Waals surface area contributed by atoms with Crippen LogP contribution in [0, 0.1) is 18.8 Å². The van der Waals surface area contributed by atoms with E-state index in [1.807, 2.05) is 20.0 Å². The average Bonchev–Trinajstić information content (AvgIpc) is 2.74. The molecular weight excluding hydrogens is 352 g/mol. The molecule has 1 N–H and O–H groups in total. The lowest BCUT2D eigenvalue weighted by atomic mass is 10.0. The van der Waals surface area contributed by atoms with Gasteiger partial charge in [0.1, 0.15) is 0 Å². The van der Waals surface area contributed by atoms with Crippen LogP contribution in [0.5, 0.6) is 0 Å².